The van der Waals surface area contributed by atoms with E-state index in [0.717, 1.165) is 19.6 Å². The predicted molar refractivity (Wildman–Crippen MR) is 94.2 cm³/mol. The predicted octanol–water partition coefficient (Wildman–Crippen LogP) is 2.06. The van der Waals surface area contributed by atoms with E-state index in [1.54, 1.807) is 12.1 Å². The molecule has 0 spiro atoms. The van der Waals surface area contributed by atoms with Gasteiger partial charge in [-0.05, 0) is 17.5 Å². The molecule has 0 amide bonds. The maximum atomic E-state index is 13.0. The van der Waals surface area contributed by atoms with Crippen molar-refractivity contribution in [3.63, 3.8) is 0 Å². The Hall–Kier alpha value is -1.31. The number of nitrogens with zero attached hydrogens (tertiary/aromatic N) is 2. The molecular formula is C17H28N2O4S. The van der Waals surface area contributed by atoms with E-state index < -0.39 is 10.0 Å². The van der Waals surface area contributed by atoms with Crippen molar-refractivity contribution in [1.29, 1.82) is 0 Å². The molecule has 1 aromatic carbocycles. The van der Waals surface area contributed by atoms with Gasteiger partial charge < -0.3 is 14.4 Å². The van der Waals surface area contributed by atoms with Crippen LogP contribution in [0.2, 0.25) is 0 Å². The summed E-state index contributed by atoms with van der Waals surface area (Å²) < 4.78 is 37.9. The Morgan fingerprint density at radius 2 is 1.67 bits per heavy atom. The lowest BCUT2D eigenvalue weighted by Gasteiger charge is -2.37. The molecule has 1 heterocycles. The second kappa shape index (κ2) is 7.29. The fraction of sp³-hybridized carbons (Fsp3) is 0.647. The fourth-order valence-electron chi connectivity index (χ4n) is 2.92. The first kappa shape index (κ1) is 19.0. The molecule has 0 saturated carbocycles. The molecule has 0 N–H and O–H groups in total. The van der Waals surface area contributed by atoms with Gasteiger partial charge in [0.05, 0.1) is 14.2 Å². The van der Waals surface area contributed by atoms with Crippen LogP contribution in [0.4, 0.5) is 0 Å². The number of piperazine rings is 1. The molecule has 136 valence electrons. The first-order valence-electron chi connectivity index (χ1n) is 8.12. The lowest BCUT2D eigenvalue weighted by molar-refractivity contribution is 0.141. The normalized spacial score (nSPS) is 17.7. The molecule has 0 bridgehead atoms. The van der Waals surface area contributed by atoms with Crippen LogP contribution in [0.15, 0.2) is 23.1 Å². The van der Waals surface area contributed by atoms with Gasteiger partial charge in [-0.1, -0.05) is 20.8 Å². The summed E-state index contributed by atoms with van der Waals surface area (Å²) in [6.45, 7) is 9.98. The number of rotatable bonds is 5. The largest absolute Gasteiger partial charge is 0.497 e. The summed E-state index contributed by atoms with van der Waals surface area (Å²) in [6, 6.07) is 4.84. The van der Waals surface area contributed by atoms with E-state index in [1.165, 1.54) is 24.6 Å². The third-order valence-electron chi connectivity index (χ3n) is 4.02. The standard InChI is InChI=1S/C17H28N2O4S/c1-17(2,3)13-18-8-10-19(11-9-18)24(20,21)16-12-14(22-4)6-7-15(16)23-5/h6-7,12H,8-11,13H2,1-5H3. The van der Waals surface area contributed by atoms with Crippen molar-refractivity contribution in [1.82, 2.24) is 9.21 Å². The monoisotopic (exact) mass is 356 g/mol. The molecule has 0 radical (unpaired) electrons. The van der Waals surface area contributed by atoms with E-state index in [9.17, 15) is 8.42 Å². The number of hydrogen-bond acceptors (Lipinski definition) is 5. The van der Waals surface area contributed by atoms with Crippen LogP contribution in [-0.4, -0.2) is 64.6 Å². The van der Waals surface area contributed by atoms with Crippen molar-refractivity contribution in [2.24, 2.45) is 5.41 Å². The van der Waals surface area contributed by atoms with Gasteiger partial charge in [0.2, 0.25) is 10.0 Å². The van der Waals surface area contributed by atoms with Gasteiger partial charge >= 0.3 is 0 Å². The molecule has 1 fully saturated rings. The molecular weight excluding hydrogens is 328 g/mol. The van der Waals surface area contributed by atoms with Crippen molar-refractivity contribution in [3.05, 3.63) is 18.2 Å². The van der Waals surface area contributed by atoms with Crippen LogP contribution in [0, 0.1) is 5.41 Å². The summed E-state index contributed by atoms with van der Waals surface area (Å²) >= 11 is 0. The van der Waals surface area contributed by atoms with Crippen LogP contribution in [0.5, 0.6) is 11.5 Å². The van der Waals surface area contributed by atoms with Crippen molar-refractivity contribution >= 4 is 10.0 Å². The van der Waals surface area contributed by atoms with Crippen molar-refractivity contribution < 1.29 is 17.9 Å². The highest BCUT2D eigenvalue weighted by Crippen LogP contribution is 2.31. The van der Waals surface area contributed by atoms with E-state index in [1.807, 2.05) is 0 Å². The Morgan fingerprint density at radius 3 is 2.17 bits per heavy atom. The van der Waals surface area contributed by atoms with Gasteiger partial charge in [0.15, 0.2) is 0 Å². The summed E-state index contributed by atoms with van der Waals surface area (Å²) in [7, 11) is -0.611. The summed E-state index contributed by atoms with van der Waals surface area (Å²) in [4.78, 5) is 2.48. The molecule has 0 unspecified atom stereocenters. The topological polar surface area (TPSA) is 59.1 Å². The Kier molecular flexibility index (Phi) is 5.78. The minimum absolute atomic E-state index is 0.161. The van der Waals surface area contributed by atoms with Crippen molar-refractivity contribution in [2.45, 2.75) is 25.7 Å². The number of sulfonamides is 1. The van der Waals surface area contributed by atoms with Crippen LogP contribution in [0.3, 0.4) is 0 Å². The van der Waals surface area contributed by atoms with Crippen LogP contribution < -0.4 is 9.47 Å². The highest BCUT2D eigenvalue weighted by Gasteiger charge is 2.32. The van der Waals surface area contributed by atoms with Crippen molar-refractivity contribution in [2.75, 3.05) is 46.9 Å². The maximum Gasteiger partial charge on any atom is 0.246 e. The molecule has 7 heteroatoms. The van der Waals surface area contributed by atoms with Crippen LogP contribution in [0.1, 0.15) is 20.8 Å². The molecule has 1 aromatic rings. The van der Waals surface area contributed by atoms with E-state index >= 15 is 0 Å². The van der Waals surface area contributed by atoms with Crippen LogP contribution in [-0.2, 0) is 10.0 Å². The number of hydrogen-bond donors (Lipinski definition) is 0. The zero-order valence-electron chi connectivity index (χ0n) is 15.2. The molecule has 1 saturated heterocycles. The lowest BCUT2D eigenvalue weighted by Crippen LogP contribution is -2.50. The van der Waals surface area contributed by atoms with E-state index in [-0.39, 0.29) is 10.3 Å². The summed E-state index contributed by atoms with van der Waals surface area (Å²) in [5, 5.41) is 0. The molecule has 1 aliphatic rings. The first-order chi connectivity index (χ1) is 11.2. The summed E-state index contributed by atoms with van der Waals surface area (Å²) in [6.07, 6.45) is 0. The lowest BCUT2D eigenvalue weighted by atomic mass is 9.96. The second-order valence-corrected chi connectivity index (χ2v) is 9.16. The third-order valence-corrected chi connectivity index (χ3v) is 5.94. The highest BCUT2D eigenvalue weighted by molar-refractivity contribution is 7.89. The quantitative estimate of drug-likeness (QED) is 0.808. The van der Waals surface area contributed by atoms with Gasteiger partial charge in [0, 0.05) is 38.8 Å². The van der Waals surface area contributed by atoms with Gasteiger partial charge in [0.1, 0.15) is 16.4 Å². The van der Waals surface area contributed by atoms with Gasteiger partial charge in [0.25, 0.3) is 0 Å². The van der Waals surface area contributed by atoms with E-state index in [2.05, 4.69) is 25.7 Å². The zero-order chi connectivity index (χ0) is 18.0. The summed E-state index contributed by atoms with van der Waals surface area (Å²) in [5.74, 6) is 0.841. The fourth-order valence-corrected chi connectivity index (χ4v) is 4.52. The van der Waals surface area contributed by atoms with Gasteiger partial charge in [-0.3, -0.25) is 0 Å². The second-order valence-electron chi connectivity index (χ2n) is 7.26. The third kappa shape index (κ3) is 4.40. The Labute approximate surface area is 145 Å². The average molecular weight is 356 g/mol. The number of benzene rings is 1. The molecule has 1 aliphatic heterocycles. The van der Waals surface area contributed by atoms with Crippen LogP contribution >= 0.6 is 0 Å². The smallest absolute Gasteiger partial charge is 0.246 e. The summed E-state index contributed by atoms with van der Waals surface area (Å²) in [5.41, 5.74) is 0.205. The minimum atomic E-state index is -3.60. The maximum absolute atomic E-state index is 13.0. The highest BCUT2D eigenvalue weighted by atomic mass is 32.2. The van der Waals surface area contributed by atoms with Gasteiger partial charge in [-0.15, -0.1) is 0 Å². The molecule has 24 heavy (non-hydrogen) atoms. The minimum Gasteiger partial charge on any atom is -0.497 e. The first-order valence-corrected chi connectivity index (χ1v) is 9.56. The Bertz CT molecular complexity index is 660. The van der Waals surface area contributed by atoms with Crippen molar-refractivity contribution in [3.8, 4) is 11.5 Å². The Balaban J connectivity index is 2.18. The molecule has 0 aliphatic carbocycles. The van der Waals surface area contributed by atoms with E-state index in [4.69, 9.17) is 9.47 Å². The van der Waals surface area contributed by atoms with Crippen LogP contribution in [0.25, 0.3) is 0 Å². The van der Waals surface area contributed by atoms with Gasteiger partial charge in [-0.2, -0.15) is 4.31 Å². The molecule has 2 rings (SSSR count). The number of ether oxygens (including phenoxy) is 2. The molecule has 0 atom stereocenters. The Morgan fingerprint density at radius 1 is 1.04 bits per heavy atom. The SMILES string of the molecule is COc1ccc(OC)c(S(=O)(=O)N2CCN(CC(C)(C)C)CC2)c1. The van der Waals surface area contributed by atoms with E-state index in [0.29, 0.717) is 24.6 Å². The van der Waals surface area contributed by atoms with Gasteiger partial charge in [-0.25, -0.2) is 8.42 Å². The molecule has 0 aromatic heterocycles. The average Bonchev–Trinajstić information content (AvgIpc) is 2.53. The molecule has 6 nitrogen and oxygen atoms in total. The number of methoxy groups -OCH3 is 2. The zero-order valence-corrected chi connectivity index (χ0v) is 16.0.